The first-order chi connectivity index (χ1) is 10.2. The van der Waals surface area contributed by atoms with Crippen molar-refractivity contribution in [2.75, 3.05) is 31.2 Å². The number of morpholine rings is 1. The van der Waals surface area contributed by atoms with Crippen LogP contribution in [0.25, 0.3) is 0 Å². The van der Waals surface area contributed by atoms with Crippen molar-refractivity contribution < 1.29 is 9.84 Å². The van der Waals surface area contributed by atoms with E-state index < -0.39 is 5.60 Å². The number of nitrogens with zero attached hydrogens (tertiary/aromatic N) is 1. The summed E-state index contributed by atoms with van der Waals surface area (Å²) in [6.07, 6.45) is 0. The Morgan fingerprint density at radius 1 is 0.905 bits per heavy atom. The molecular weight excluding hydrogens is 262 g/mol. The molecule has 3 heteroatoms. The van der Waals surface area contributed by atoms with Gasteiger partial charge in [0.25, 0.3) is 0 Å². The Kier molecular flexibility index (Phi) is 3.95. The van der Waals surface area contributed by atoms with Gasteiger partial charge in [-0.25, -0.2) is 0 Å². The fourth-order valence-electron chi connectivity index (χ4n) is 2.75. The van der Waals surface area contributed by atoms with Crippen molar-refractivity contribution in [3.63, 3.8) is 0 Å². The zero-order valence-electron chi connectivity index (χ0n) is 12.3. The summed E-state index contributed by atoms with van der Waals surface area (Å²) < 4.78 is 5.38. The highest BCUT2D eigenvalue weighted by Crippen LogP contribution is 2.30. The maximum Gasteiger partial charge on any atom is 0.112 e. The normalized spacial score (nSPS) is 18.3. The number of hydrogen-bond donors (Lipinski definition) is 1. The summed E-state index contributed by atoms with van der Waals surface area (Å²) in [4.78, 5) is 2.31. The van der Waals surface area contributed by atoms with E-state index in [1.54, 1.807) is 0 Å². The molecule has 1 aliphatic heterocycles. The van der Waals surface area contributed by atoms with Crippen LogP contribution < -0.4 is 4.90 Å². The lowest BCUT2D eigenvalue weighted by Gasteiger charge is -2.30. The Labute approximate surface area is 125 Å². The van der Waals surface area contributed by atoms with Gasteiger partial charge in [0, 0.05) is 18.8 Å². The van der Waals surface area contributed by atoms with Crippen LogP contribution >= 0.6 is 0 Å². The van der Waals surface area contributed by atoms with Gasteiger partial charge in [-0.3, -0.25) is 0 Å². The predicted octanol–water partition coefficient (Wildman–Crippen LogP) is 2.78. The zero-order valence-corrected chi connectivity index (χ0v) is 12.3. The van der Waals surface area contributed by atoms with Crippen LogP contribution in [0.5, 0.6) is 0 Å². The fraction of sp³-hybridized carbons (Fsp3) is 0.333. The maximum absolute atomic E-state index is 10.8. The molecule has 1 atom stereocenters. The molecule has 2 aromatic rings. The van der Waals surface area contributed by atoms with Gasteiger partial charge in [0.1, 0.15) is 5.60 Å². The minimum absolute atomic E-state index is 0.781. The molecule has 0 amide bonds. The van der Waals surface area contributed by atoms with Crippen LogP contribution in [0, 0.1) is 0 Å². The van der Waals surface area contributed by atoms with Gasteiger partial charge in [-0.15, -0.1) is 0 Å². The summed E-state index contributed by atoms with van der Waals surface area (Å²) in [5, 5.41) is 10.8. The SMILES string of the molecule is CC(O)(c1ccccc1)c1ccc(N2CCOCC2)cc1. The second-order valence-corrected chi connectivity index (χ2v) is 5.58. The van der Waals surface area contributed by atoms with Crippen molar-refractivity contribution in [1.82, 2.24) is 0 Å². The minimum atomic E-state index is -0.967. The van der Waals surface area contributed by atoms with Crippen molar-refractivity contribution >= 4 is 5.69 Å². The molecule has 0 saturated carbocycles. The molecular formula is C18H21NO2. The van der Waals surface area contributed by atoms with Crippen molar-refractivity contribution in [1.29, 1.82) is 0 Å². The molecule has 1 heterocycles. The van der Waals surface area contributed by atoms with Crippen molar-refractivity contribution in [3.8, 4) is 0 Å². The number of rotatable bonds is 3. The molecule has 21 heavy (non-hydrogen) atoms. The van der Waals surface area contributed by atoms with Crippen LogP contribution in [0.3, 0.4) is 0 Å². The van der Waals surface area contributed by atoms with Crippen LogP contribution in [0.2, 0.25) is 0 Å². The maximum atomic E-state index is 10.8. The Morgan fingerprint density at radius 3 is 2.10 bits per heavy atom. The molecule has 1 unspecified atom stereocenters. The Bertz CT molecular complexity index is 572. The molecule has 110 valence electrons. The van der Waals surface area contributed by atoms with Gasteiger partial charge >= 0.3 is 0 Å². The Hall–Kier alpha value is -1.84. The summed E-state index contributed by atoms with van der Waals surface area (Å²) in [6.45, 7) is 5.25. The Morgan fingerprint density at radius 2 is 1.48 bits per heavy atom. The van der Waals surface area contributed by atoms with Crippen LogP contribution in [-0.4, -0.2) is 31.4 Å². The van der Waals surface area contributed by atoms with Gasteiger partial charge in [0.15, 0.2) is 0 Å². The zero-order chi connectivity index (χ0) is 14.7. The molecule has 1 fully saturated rings. The first kappa shape index (κ1) is 14.1. The van der Waals surface area contributed by atoms with E-state index in [1.165, 1.54) is 5.69 Å². The van der Waals surface area contributed by atoms with Crippen molar-refractivity contribution in [2.45, 2.75) is 12.5 Å². The standard InChI is InChI=1S/C18H21NO2/c1-18(20,15-5-3-2-4-6-15)16-7-9-17(10-8-16)19-11-13-21-14-12-19/h2-10,20H,11-14H2,1H3. The third-order valence-corrected chi connectivity index (χ3v) is 4.14. The monoisotopic (exact) mass is 283 g/mol. The Balaban J connectivity index is 1.83. The third-order valence-electron chi connectivity index (χ3n) is 4.14. The summed E-state index contributed by atoms with van der Waals surface area (Å²) in [5.74, 6) is 0. The van der Waals surface area contributed by atoms with E-state index in [2.05, 4.69) is 17.0 Å². The van der Waals surface area contributed by atoms with E-state index >= 15 is 0 Å². The molecule has 0 bridgehead atoms. The molecule has 0 aliphatic carbocycles. The third kappa shape index (κ3) is 2.94. The molecule has 0 spiro atoms. The predicted molar refractivity (Wildman–Crippen MR) is 84.6 cm³/mol. The van der Waals surface area contributed by atoms with E-state index in [-0.39, 0.29) is 0 Å². The van der Waals surface area contributed by atoms with E-state index in [0.717, 1.165) is 37.4 Å². The van der Waals surface area contributed by atoms with Crippen LogP contribution in [-0.2, 0) is 10.3 Å². The quantitative estimate of drug-likeness (QED) is 0.940. The van der Waals surface area contributed by atoms with Gasteiger partial charge in [0.2, 0.25) is 0 Å². The lowest BCUT2D eigenvalue weighted by Crippen LogP contribution is -2.36. The van der Waals surface area contributed by atoms with E-state index in [1.807, 2.05) is 49.4 Å². The largest absolute Gasteiger partial charge is 0.381 e. The summed E-state index contributed by atoms with van der Waals surface area (Å²) >= 11 is 0. The highest BCUT2D eigenvalue weighted by molar-refractivity contribution is 5.50. The molecule has 0 aromatic heterocycles. The second-order valence-electron chi connectivity index (χ2n) is 5.58. The van der Waals surface area contributed by atoms with Crippen LogP contribution in [0.1, 0.15) is 18.1 Å². The molecule has 2 aromatic carbocycles. The second kappa shape index (κ2) is 5.88. The van der Waals surface area contributed by atoms with Crippen molar-refractivity contribution in [3.05, 3.63) is 65.7 Å². The van der Waals surface area contributed by atoms with Gasteiger partial charge in [-0.2, -0.15) is 0 Å². The van der Waals surface area contributed by atoms with Crippen LogP contribution in [0.15, 0.2) is 54.6 Å². The minimum Gasteiger partial charge on any atom is -0.381 e. The lowest BCUT2D eigenvalue weighted by atomic mass is 9.88. The van der Waals surface area contributed by atoms with Crippen molar-refractivity contribution in [2.24, 2.45) is 0 Å². The first-order valence-electron chi connectivity index (χ1n) is 7.39. The number of aliphatic hydroxyl groups is 1. The molecule has 3 nitrogen and oxygen atoms in total. The molecule has 1 saturated heterocycles. The number of ether oxygens (including phenoxy) is 1. The number of hydrogen-bond acceptors (Lipinski definition) is 3. The highest BCUT2D eigenvalue weighted by atomic mass is 16.5. The van der Waals surface area contributed by atoms with Gasteiger partial charge in [-0.05, 0) is 30.2 Å². The molecule has 0 radical (unpaired) electrons. The first-order valence-corrected chi connectivity index (χ1v) is 7.39. The summed E-state index contributed by atoms with van der Waals surface area (Å²) in [6, 6.07) is 18.0. The topological polar surface area (TPSA) is 32.7 Å². The molecule has 3 rings (SSSR count). The van der Waals surface area contributed by atoms with Gasteiger partial charge in [-0.1, -0.05) is 42.5 Å². The molecule has 1 aliphatic rings. The average Bonchev–Trinajstić information content (AvgIpc) is 2.57. The molecule has 1 N–H and O–H groups in total. The van der Waals surface area contributed by atoms with Gasteiger partial charge in [0.05, 0.1) is 13.2 Å². The van der Waals surface area contributed by atoms with E-state index in [9.17, 15) is 5.11 Å². The smallest absolute Gasteiger partial charge is 0.112 e. The number of benzene rings is 2. The number of anilines is 1. The summed E-state index contributed by atoms with van der Waals surface area (Å²) in [7, 11) is 0. The highest BCUT2D eigenvalue weighted by Gasteiger charge is 2.25. The summed E-state index contributed by atoms with van der Waals surface area (Å²) in [5.41, 5.74) is 2.03. The average molecular weight is 283 g/mol. The van der Waals surface area contributed by atoms with Crippen LogP contribution in [0.4, 0.5) is 5.69 Å². The fourth-order valence-corrected chi connectivity index (χ4v) is 2.75. The van der Waals surface area contributed by atoms with Gasteiger partial charge < -0.3 is 14.7 Å². The lowest BCUT2D eigenvalue weighted by molar-refractivity contribution is 0.102. The van der Waals surface area contributed by atoms with E-state index in [0.29, 0.717) is 0 Å². The van der Waals surface area contributed by atoms with E-state index in [4.69, 9.17) is 4.74 Å².